The van der Waals surface area contributed by atoms with Crippen LogP contribution in [0.25, 0.3) is 16.8 Å². The zero-order valence-corrected chi connectivity index (χ0v) is 14.6. The second-order valence-electron chi connectivity index (χ2n) is 5.94. The number of hydrogen-bond donors (Lipinski definition) is 1. The Bertz CT molecular complexity index is 1120. The first-order valence-corrected chi connectivity index (χ1v) is 8.25. The first kappa shape index (κ1) is 17.8. The molecule has 0 aliphatic heterocycles. The quantitative estimate of drug-likeness (QED) is 0.558. The van der Waals surface area contributed by atoms with Crippen molar-refractivity contribution in [2.24, 2.45) is 0 Å². The van der Waals surface area contributed by atoms with Crippen LogP contribution < -0.4 is 10.1 Å². The van der Waals surface area contributed by atoms with E-state index in [1.807, 2.05) is 24.3 Å². The molecule has 0 radical (unpaired) electrons. The van der Waals surface area contributed by atoms with Crippen molar-refractivity contribution < 1.29 is 17.9 Å². The first-order valence-electron chi connectivity index (χ1n) is 8.25. The van der Waals surface area contributed by atoms with E-state index in [2.05, 4.69) is 20.6 Å². The Kier molecular flexibility index (Phi) is 4.34. The van der Waals surface area contributed by atoms with E-state index in [9.17, 15) is 13.2 Å². The Morgan fingerprint density at radius 3 is 2.46 bits per heavy atom. The lowest BCUT2D eigenvalue weighted by molar-refractivity contribution is -0.137. The molecule has 0 amide bonds. The molecule has 28 heavy (non-hydrogen) atoms. The van der Waals surface area contributed by atoms with Crippen molar-refractivity contribution in [2.75, 3.05) is 12.4 Å². The molecule has 0 aliphatic rings. The van der Waals surface area contributed by atoms with Crippen molar-refractivity contribution in [3.05, 3.63) is 66.4 Å². The van der Waals surface area contributed by atoms with Crippen molar-refractivity contribution >= 4 is 17.3 Å². The number of anilines is 2. The number of nitrogens with one attached hydrogen (secondary N) is 1. The van der Waals surface area contributed by atoms with E-state index < -0.39 is 11.7 Å². The second kappa shape index (κ2) is 6.84. The number of aromatic nitrogens is 4. The molecule has 0 atom stereocenters. The van der Waals surface area contributed by atoms with Crippen molar-refractivity contribution in [1.29, 1.82) is 0 Å². The summed E-state index contributed by atoms with van der Waals surface area (Å²) in [6.07, 6.45) is -2.73. The third kappa shape index (κ3) is 3.34. The van der Waals surface area contributed by atoms with Crippen LogP contribution in [0.15, 0.2) is 60.8 Å². The van der Waals surface area contributed by atoms with E-state index in [-0.39, 0.29) is 0 Å². The van der Waals surface area contributed by atoms with Gasteiger partial charge in [0.25, 0.3) is 0 Å². The summed E-state index contributed by atoms with van der Waals surface area (Å²) < 4.78 is 44.8. The zero-order chi connectivity index (χ0) is 19.7. The summed E-state index contributed by atoms with van der Waals surface area (Å²) in [7, 11) is 1.59. The average Bonchev–Trinajstić information content (AvgIpc) is 3.09. The first-order chi connectivity index (χ1) is 13.5. The molecular weight excluding hydrogens is 371 g/mol. The normalized spacial score (nSPS) is 11.6. The zero-order valence-electron chi connectivity index (χ0n) is 14.6. The molecule has 0 aliphatic carbocycles. The maximum absolute atomic E-state index is 12.7. The molecule has 0 saturated carbocycles. The van der Waals surface area contributed by atoms with Gasteiger partial charge in [0.15, 0.2) is 5.65 Å². The summed E-state index contributed by atoms with van der Waals surface area (Å²) in [5.41, 5.74) is 1.87. The Morgan fingerprint density at radius 1 is 1.00 bits per heavy atom. The van der Waals surface area contributed by atoms with Gasteiger partial charge in [-0.2, -0.15) is 22.8 Å². The number of ether oxygens (including phenoxy) is 1. The van der Waals surface area contributed by atoms with Gasteiger partial charge < -0.3 is 10.1 Å². The summed E-state index contributed by atoms with van der Waals surface area (Å²) in [5, 5.41) is 15.4. The predicted molar refractivity (Wildman–Crippen MR) is 97.5 cm³/mol. The molecule has 0 spiro atoms. The molecule has 2 aromatic carbocycles. The lowest BCUT2D eigenvalue weighted by atomic mass is 10.1. The maximum Gasteiger partial charge on any atom is 0.416 e. The topological polar surface area (TPSA) is 64.3 Å². The molecule has 2 heterocycles. The number of alkyl halides is 3. The summed E-state index contributed by atoms with van der Waals surface area (Å²) in [6, 6.07) is 14.0. The predicted octanol–water partition coefficient (Wildman–Crippen LogP) is 4.56. The number of rotatable bonds is 4. The third-order valence-electron chi connectivity index (χ3n) is 4.15. The van der Waals surface area contributed by atoms with Gasteiger partial charge in [0.2, 0.25) is 5.95 Å². The van der Waals surface area contributed by atoms with Crippen LogP contribution in [0.5, 0.6) is 5.75 Å². The lowest BCUT2D eigenvalue weighted by Gasteiger charge is -2.09. The largest absolute Gasteiger partial charge is 0.496 e. The fraction of sp³-hybridized carbons (Fsp3) is 0.105. The van der Waals surface area contributed by atoms with Gasteiger partial charge in [-0.05, 0) is 36.4 Å². The molecule has 0 saturated heterocycles. The molecule has 4 rings (SSSR count). The Morgan fingerprint density at radius 2 is 1.75 bits per heavy atom. The lowest BCUT2D eigenvalue weighted by Crippen LogP contribution is -2.05. The van der Waals surface area contributed by atoms with Gasteiger partial charge in [-0.3, -0.25) is 0 Å². The van der Waals surface area contributed by atoms with Crippen molar-refractivity contribution in [2.45, 2.75) is 6.18 Å². The van der Waals surface area contributed by atoms with Crippen LogP contribution in [-0.4, -0.2) is 26.9 Å². The fourth-order valence-electron chi connectivity index (χ4n) is 2.77. The van der Waals surface area contributed by atoms with Crippen LogP contribution in [0.3, 0.4) is 0 Å². The Hall–Kier alpha value is -3.62. The number of fused-ring (bicyclic) bond motifs is 1. The van der Waals surface area contributed by atoms with Crippen LogP contribution >= 0.6 is 0 Å². The van der Waals surface area contributed by atoms with Crippen LogP contribution in [0.2, 0.25) is 0 Å². The van der Waals surface area contributed by atoms with Gasteiger partial charge >= 0.3 is 6.18 Å². The van der Waals surface area contributed by atoms with Crippen molar-refractivity contribution in [1.82, 2.24) is 19.8 Å². The molecule has 0 unspecified atom stereocenters. The second-order valence-corrected chi connectivity index (χ2v) is 5.94. The molecule has 4 aromatic rings. The highest BCUT2D eigenvalue weighted by Gasteiger charge is 2.30. The van der Waals surface area contributed by atoms with Gasteiger partial charge in [0.1, 0.15) is 5.75 Å². The summed E-state index contributed by atoms with van der Waals surface area (Å²) in [6.45, 7) is 0. The molecule has 1 N–H and O–H groups in total. The number of halogens is 3. The van der Waals surface area contributed by atoms with E-state index in [0.29, 0.717) is 23.0 Å². The molecule has 6 nitrogen and oxygen atoms in total. The van der Waals surface area contributed by atoms with Gasteiger partial charge in [-0.25, -0.2) is 0 Å². The van der Waals surface area contributed by atoms with Crippen molar-refractivity contribution in [3.63, 3.8) is 0 Å². The summed E-state index contributed by atoms with van der Waals surface area (Å²) in [4.78, 5) is 0. The van der Waals surface area contributed by atoms with Crippen LogP contribution in [0.4, 0.5) is 24.8 Å². The Labute approximate surface area is 157 Å². The van der Waals surface area contributed by atoms with Crippen LogP contribution in [0.1, 0.15) is 5.56 Å². The molecular formula is C19H14F3N5O. The van der Waals surface area contributed by atoms with Crippen LogP contribution in [-0.2, 0) is 6.18 Å². The van der Waals surface area contributed by atoms with E-state index in [1.54, 1.807) is 19.4 Å². The number of nitrogens with zero attached hydrogens (tertiary/aromatic N) is 4. The third-order valence-corrected chi connectivity index (χ3v) is 4.15. The highest BCUT2D eigenvalue weighted by molar-refractivity contribution is 5.72. The maximum atomic E-state index is 12.7. The minimum atomic E-state index is -4.38. The van der Waals surface area contributed by atoms with Gasteiger partial charge in [-0.15, -0.1) is 10.2 Å². The molecule has 0 fully saturated rings. The standard InChI is InChI=1S/C19H14F3N5O/c1-28-16-5-3-2-4-15(16)12-10-17-25-26-18(27(17)23-11-12)24-14-8-6-13(7-9-14)19(20,21)22/h2-11H,1H3,(H,24,26). The number of benzene rings is 2. The van der Waals surface area contributed by atoms with Crippen LogP contribution in [0, 0.1) is 0 Å². The highest BCUT2D eigenvalue weighted by atomic mass is 19.4. The number of para-hydroxylation sites is 1. The molecule has 9 heteroatoms. The van der Waals surface area contributed by atoms with E-state index in [1.165, 1.54) is 16.6 Å². The summed E-state index contributed by atoms with van der Waals surface area (Å²) >= 11 is 0. The smallest absolute Gasteiger partial charge is 0.416 e. The minimum absolute atomic E-state index is 0.293. The Balaban J connectivity index is 1.63. The minimum Gasteiger partial charge on any atom is -0.496 e. The monoisotopic (exact) mass is 385 g/mol. The van der Waals surface area contributed by atoms with Crippen molar-refractivity contribution in [3.8, 4) is 16.9 Å². The average molecular weight is 385 g/mol. The summed E-state index contributed by atoms with van der Waals surface area (Å²) in [5.74, 6) is 0.998. The van der Waals surface area contributed by atoms with Gasteiger partial charge in [0, 0.05) is 16.8 Å². The highest BCUT2D eigenvalue weighted by Crippen LogP contribution is 2.31. The fourth-order valence-corrected chi connectivity index (χ4v) is 2.77. The van der Waals surface area contributed by atoms with Gasteiger partial charge in [0.05, 0.1) is 18.9 Å². The van der Waals surface area contributed by atoms with Gasteiger partial charge in [-0.1, -0.05) is 18.2 Å². The number of methoxy groups -OCH3 is 1. The van der Waals surface area contributed by atoms with E-state index in [0.717, 1.165) is 23.3 Å². The molecule has 0 bridgehead atoms. The van der Waals surface area contributed by atoms with E-state index in [4.69, 9.17) is 4.74 Å². The van der Waals surface area contributed by atoms with E-state index >= 15 is 0 Å². The number of hydrogen-bond acceptors (Lipinski definition) is 5. The molecule has 142 valence electrons. The SMILES string of the molecule is COc1ccccc1-c1cnn2c(Nc3ccc(C(F)(F)F)cc3)nnc2c1. The molecule has 2 aromatic heterocycles.